The van der Waals surface area contributed by atoms with Gasteiger partial charge in [-0.25, -0.2) is 0 Å². The molecule has 17 heavy (non-hydrogen) atoms. The van der Waals surface area contributed by atoms with E-state index < -0.39 is 0 Å². The zero-order valence-corrected chi connectivity index (χ0v) is 10.5. The molecule has 2 rings (SSSR count). The van der Waals surface area contributed by atoms with Gasteiger partial charge in [0.05, 0.1) is 0 Å². The van der Waals surface area contributed by atoms with E-state index in [4.69, 9.17) is 5.11 Å². The Labute approximate surface area is 104 Å². The molecule has 1 N–H and O–H groups in total. The first-order chi connectivity index (χ1) is 8.38. The number of aliphatic hydroxyl groups is 1. The van der Waals surface area contributed by atoms with Crippen LogP contribution in [-0.4, -0.2) is 29.7 Å². The Morgan fingerprint density at radius 1 is 1.24 bits per heavy atom. The molecule has 0 spiro atoms. The molecule has 0 aromatic heterocycles. The van der Waals surface area contributed by atoms with Gasteiger partial charge < -0.3 is 5.11 Å². The standard InChI is InChI=1S/C15H23NO/c17-11-5-9-15-8-4-10-16(13-15)12-14-6-2-1-3-7-14/h1-3,6-7,15,17H,4-5,8-13H2/t15-/m1/s1. The van der Waals surface area contributed by atoms with Crippen LogP contribution in [0.2, 0.25) is 0 Å². The largest absolute Gasteiger partial charge is 0.396 e. The number of likely N-dealkylation sites (tertiary alicyclic amines) is 1. The van der Waals surface area contributed by atoms with Crippen molar-refractivity contribution >= 4 is 0 Å². The molecular formula is C15H23NO. The lowest BCUT2D eigenvalue weighted by molar-refractivity contribution is 0.153. The summed E-state index contributed by atoms with van der Waals surface area (Å²) in [5.74, 6) is 0.791. The topological polar surface area (TPSA) is 23.5 Å². The lowest BCUT2D eigenvalue weighted by Crippen LogP contribution is -2.34. The summed E-state index contributed by atoms with van der Waals surface area (Å²) in [5.41, 5.74) is 1.41. The Kier molecular flexibility index (Phi) is 5.02. The van der Waals surface area contributed by atoms with Crippen LogP contribution in [0.5, 0.6) is 0 Å². The van der Waals surface area contributed by atoms with Gasteiger partial charge in [0.1, 0.15) is 0 Å². The van der Waals surface area contributed by atoms with Gasteiger partial charge in [0.2, 0.25) is 0 Å². The highest BCUT2D eigenvalue weighted by atomic mass is 16.2. The Hall–Kier alpha value is -0.860. The zero-order valence-electron chi connectivity index (χ0n) is 10.5. The Morgan fingerprint density at radius 2 is 2.06 bits per heavy atom. The van der Waals surface area contributed by atoms with Crippen LogP contribution in [0.15, 0.2) is 30.3 Å². The molecule has 0 amide bonds. The van der Waals surface area contributed by atoms with Gasteiger partial charge in [-0.3, -0.25) is 4.90 Å². The molecule has 1 fully saturated rings. The van der Waals surface area contributed by atoms with Crippen molar-refractivity contribution in [3.63, 3.8) is 0 Å². The average molecular weight is 233 g/mol. The molecule has 0 bridgehead atoms. The van der Waals surface area contributed by atoms with Crippen LogP contribution < -0.4 is 0 Å². The van der Waals surface area contributed by atoms with Crippen LogP contribution in [0.1, 0.15) is 31.2 Å². The van der Waals surface area contributed by atoms with Gasteiger partial charge >= 0.3 is 0 Å². The van der Waals surface area contributed by atoms with E-state index >= 15 is 0 Å². The van der Waals surface area contributed by atoms with E-state index in [0.717, 1.165) is 18.9 Å². The van der Waals surface area contributed by atoms with Crippen LogP contribution in [-0.2, 0) is 6.54 Å². The van der Waals surface area contributed by atoms with Crippen molar-refractivity contribution < 1.29 is 5.11 Å². The summed E-state index contributed by atoms with van der Waals surface area (Å²) in [4.78, 5) is 2.56. The van der Waals surface area contributed by atoms with Crippen molar-refractivity contribution in [2.24, 2.45) is 5.92 Å². The normalized spacial score (nSPS) is 21.6. The van der Waals surface area contributed by atoms with Gasteiger partial charge in [0.25, 0.3) is 0 Å². The number of aliphatic hydroxyl groups excluding tert-OH is 1. The van der Waals surface area contributed by atoms with Crippen LogP contribution in [0.4, 0.5) is 0 Å². The van der Waals surface area contributed by atoms with Crippen molar-refractivity contribution in [1.29, 1.82) is 0 Å². The minimum Gasteiger partial charge on any atom is -0.396 e. The third-order valence-electron chi connectivity index (χ3n) is 3.62. The van der Waals surface area contributed by atoms with E-state index in [-0.39, 0.29) is 0 Å². The molecule has 1 heterocycles. The molecule has 0 saturated carbocycles. The first-order valence-corrected chi connectivity index (χ1v) is 6.75. The summed E-state index contributed by atoms with van der Waals surface area (Å²) in [5, 5.41) is 8.88. The van der Waals surface area contributed by atoms with Crippen LogP contribution in [0.3, 0.4) is 0 Å². The predicted molar refractivity (Wildman–Crippen MR) is 70.8 cm³/mol. The van der Waals surface area contributed by atoms with Gasteiger partial charge in [-0.1, -0.05) is 30.3 Å². The monoisotopic (exact) mass is 233 g/mol. The van der Waals surface area contributed by atoms with E-state index in [0.29, 0.717) is 6.61 Å². The second-order valence-corrected chi connectivity index (χ2v) is 5.09. The number of benzene rings is 1. The summed E-state index contributed by atoms with van der Waals surface area (Å²) in [6.07, 6.45) is 4.79. The van der Waals surface area contributed by atoms with Crippen molar-refractivity contribution in [2.75, 3.05) is 19.7 Å². The molecule has 0 radical (unpaired) electrons. The first kappa shape index (κ1) is 12.6. The lowest BCUT2D eigenvalue weighted by Gasteiger charge is -2.32. The number of hydrogen-bond donors (Lipinski definition) is 1. The average Bonchev–Trinajstić information content (AvgIpc) is 2.38. The Bertz CT molecular complexity index is 312. The zero-order chi connectivity index (χ0) is 11.9. The van der Waals surface area contributed by atoms with Crippen molar-refractivity contribution in [3.05, 3.63) is 35.9 Å². The fourth-order valence-electron chi connectivity index (χ4n) is 2.75. The molecule has 1 saturated heterocycles. The quantitative estimate of drug-likeness (QED) is 0.845. The van der Waals surface area contributed by atoms with Gasteiger partial charge in [-0.2, -0.15) is 0 Å². The molecule has 2 nitrogen and oxygen atoms in total. The van der Waals surface area contributed by atoms with Crippen molar-refractivity contribution in [2.45, 2.75) is 32.2 Å². The van der Waals surface area contributed by atoms with E-state index in [9.17, 15) is 0 Å². The number of nitrogens with zero attached hydrogens (tertiary/aromatic N) is 1. The van der Waals surface area contributed by atoms with Gasteiger partial charge in [0.15, 0.2) is 0 Å². The van der Waals surface area contributed by atoms with Gasteiger partial charge in [-0.05, 0) is 43.7 Å². The summed E-state index contributed by atoms with van der Waals surface area (Å²) in [6.45, 7) is 3.85. The van der Waals surface area contributed by atoms with E-state index in [2.05, 4.69) is 35.2 Å². The molecule has 2 heteroatoms. The molecule has 1 atom stereocenters. The number of piperidine rings is 1. The number of hydrogen-bond acceptors (Lipinski definition) is 2. The molecule has 1 aromatic carbocycles. The third-order valence-corrected chi connectivity index (χ3v) is 3.62. The van der Waals surface area contributed by atoms with E-state index in [1.54, 1.807) is 0 Å². The summed E-state index contributed by atoms with van der Waals surface area (Å²) in [6, 6.07) is 10.7. The van der Waals surface area contributed by atoms with Crippen molar-refractivity contribution in [1.82, 2.24) is 4.90 Å². The summed E-state index contributed by atoms with van der Waals surface area (Å²) >= 11 is 0. The van der Waals surface area contributed by atoms with Crippen LogP contribution in [0.25, 0.3) is 0 Å². The fraction of sp³-hybridized carbons (Fsp3) is 0.600. The highest BCUT2D eigenvalue weighted by Gasteiger charge is 2.19. The lowest BCUT2D eigenvalue weighted by atomic mass is 9.93. The van der Waals surface area contributed by atoms with Crippen LogP contribution >= 0.6 is 0 Å². The highest BCUT2D eigenvalue weighted by Crippen LogP contribution is 2.22. The Balaban J connectivity index is 1.81. The minimum absolute atomic E-state index is 0.342. The van der Waals surface area contributed by atoms with E-state index in [1.165, 1.54) is 37.9 Å². The Morgan fingerprint density at radius 3 is 2.82 bits per heavy atom. The molecular weight excluding hydrogens is 210 g/mol. The SMILES string of the molecule is OCCC[C@H]1CCCN(Cc2ccccc2)C1. The second-order valence-electron chi connectivity index (χ2n) is 5.09. The maximum Gasteiger partial charge on any atom is 0.0431 e. The first-order valence-electron chi connectivity index (χ1n) is 6.75. The summed E-state index contributed by atoms with van der Waals surface area (Å²) in [7, 11) is 0. The second kappa shape index (κ2) is 6.77. The third kappa shape index (κ3) is 4.14. The fourth-order valence-corrected chi connectivity index (χ4v) is 2.75. The smallest absolute Gasteiger partial charge is 0.0431 e. The van der Waals surface area contributed by atoms with Crippen molar-refractivity contribution in [3.8, 4) is 0 Å². The molecule has 0 unspecified atom stereocenters. The summed E-state index contributed by atoms with van der Waals surface area (Å²) < 4.78 is 0. The van der Waals surface area contributed by atoms with Crippen LogP contribution in [0, 0.1) is 5.92 Å². The number of rotatable bonds is 5. The maximum absolute atomic E-state index is 8.88. The molecule has 1 aliphatic heterocycles. The molecule has 0 aliphatic carbocycles. The maximum atomic E-state index is 8.88. The van der Waals surface area contributed by atoms with Gasteiger partial charge in [0, 0.05) is 19.7 Å². The molecule has 1 aliphatic rings. The minimum atomic E-state index is 0.342. The van der Waals surface area contributed by atoms with E-state index in [1.807, 2.05) is 0 Å². The molecule has 94 valence electrons. The predicted octanol–water partition coefficient (Wildman–Crippen LogP) is 2.67. The van der Waals surface area contributed by atoms with Gasteiger partial charge in [-0.15, -0.1) is 0 Å². The highest BCUT2D eigenvalue weighted by molar-refractivity contribution is 5.14. The molecule has 1 aromatic rings.